The SMILES string of the molecule is c1ccc(-c2ccc(-c3nc(-c4ccc5sc6ccccc6c5c4)nc(-c4ccccc4-c4cccc5oc6ccccc6c45)n3)c3ccccc23)cc1. The minimum absolute atomic E-state index is 0.613. The Morgan fingerprint density at radius 2 is 0.926 bits per heavy atom. The fourth-order valence-electron chi connectivity index (χ4n) is 7.89. The van der Waals surface area contributed by atoms with Crippen LogP contribution in [0.1, 0.15) is 0 Å². The third-order valence-electron chi connectivity index (χ3n) is 10.4. The van der Waals surface area contributed by atoms with Gasteiger partial charge >= 0.3 is 0 Å². The van der Waals surface area contributed by atoms with Crippen molar-refractivity contribution in [2.24, 2.45) is 0 Å². The van der Waals surface area contributed by atoms with Gasteiger partial charge in [0.15, 0.2) is 17.5 Å². The third-order valence-corrected chi connectivity index (χ3v) is 11.5. The summed E-state index contributed by atoms with van der Waals surface area (Å²) in [6.45, 7) is 0. The highest BCUT2D eigenvalue weighted by atomic mass is 32.1. The summed E-state index contributed by atoms with van der Waals surface area (Å²) in [4.78, 5) is 15.9. The van der Waals surface area contributed by atoms with Crippen LogP contribution < -0.4 is 0 Å². The van der Waals surface area contributed by atoms with E-state index in [2.05, 4.69) is 158 Å². The van der Waals surface area contributed by atoms with Gasteiger partial charge in [-0.25, -0.2) is 15.0 Å². The summed E-state index contributed by atoms with van der Waals surface area (Å²) in [6, 6.07) is 61.5. The van der Waals surface area contributed by atoms with Gasteiger partial charge in [0.1, 0.15) is 11.2 Å². The van der Waals surface area contributed by atoms with Crippen LogP contribution in [0, 0.1) is 0 Å². The van der Waals surface area contributed by atoms with Gasteiger partial charge in [-0.05, 0) is 75.5 Å². The number of fused-ring (bicyclic) bond motifs is 7. The van der Waals surface area contributed by atoms with Crippen molar-refractivity contribution < 1.29 is 4.42 Å². The fraction of sp³-hybridized carbons (Fsp3) is 0. The molecule has 11 aromatic rings. The molecule has 0 radical (unpaired) electrons. The molecular formula is C49H29N3OS. The monoisotopic (exact) mass is 707 g/mol. The maximum absolute atomic E-state index is 6.32. The quantitative estimate of drug-likeness (QED) is 0.179. The van der Waals surface area contributed by atoms with Crippen molar-refractivity contribution >= 4 is 64.2 Å². The summed E-state index contributed by atoms with van der Waals surface area (Å²) in [5.41, 5.74) is 8.98. The average Bonchev–Trinajstić information content (AvgIpc) is 3.82. The molecule has 0 saturated carbocycles. The van der Waals surface area contributed by atoms with Gasteiger partial charge in [0.2, 0.25) is 0 Å². The smallest absolute Gasteiger partial charge is 0.164 e. The van der Waals surface area contributed by atoms with Gasteiger partial charge in [0.25, 0.3) is 0 Å². The molecule has 0 atom stereocenters. The van der Waals surface area contributed by atoms with Crippen LogP contribution in [-0.4, -0.2) is 15.0 Å². The van der Waals surface area contributed by atoms with E-state index in [4.69, 9.17) is 19.4 Å². The molecule has 0 bridgehead atoms. The van der Waals surface area contributed by atoms with Crippen molar-refractivity contribution in [1.29, 1.82) is 0 Å². The first-order valence-electron chi connectivity index (χ1n) is 18.0. The molecule has 252 valence electrons. The lowest BCUT2D eigenvalue weighted by atomic mass is 9.94. The molecule has 4 nitrogen and oxygen atoms in total. The summed E-state index contributed by atoms with van der Waals surface area (Å²) in [7, 11) is 0. The summed E-state index contributed by atoms with van der Waals surface area (Å²) >= 11 is 1.81. The number of benzene rings is 8. The minimum atomic E-state index is 0.613. The Bertz CT molecular complexity index is 3230. The van der Waals surface area contributed by atoms with E-state index in [0.29, 0.717) is 17.5 Å². The molecule has 0 spiro atoms. The highest BCUT2D eigenvalue weighted by Crippen LogP contribution is 2.42. The molecule has 0 unspecified atom stereocenters. The molecule has 0 N–H and O–H groups in total. The maximum Gasteiger partial charge on any atom is 0.164 e. The van der Waals surface area contributed by atoms with Gasteiger partial charge < -0.3 is 4.42 Å². The first-order chi connectivity index (χ1) is 26.8. The van der Waals surface area contributed by atoms with Crippen LogP contribution >= 0.6 is 11.3 Å². The number of para-hydroxylation sites is 1. The largest absolute Gasteiger partial charge is 0.456 e. The number of aromatic nitrogens is 3. The van der Waals surface area contributed by atoms with E-state index >= 15 is 0 Å². The molecular weight excluding hydrogens is 679 g/mol. The van der Waals surface area contributed by atoms with E-state index in [9.17, 15) is 0 Å². The second kappa shape index (κ2) is 12.3. The van der Waals surface area contributed by atoms with Crippen LogP contribution in [0.15, 0.2) is 180 Å². The van der Waals surface area contributed by atoms with Crippen LogP contribution in [0.25, 0.3) is 109 Å². The van der Waals surface area contributed by atoms with Crippen molar-refractivity contribution in [2.45, 2.75) is 0 Å². The lowest BCUT2D eigenvalue weighted by Gasteiger charge is -2.15. The molecule has 8 aromatic carbocycles. The highest BCUT2D eigenvalue weighted by Gasteiger charge is 2.20. The Balaban J connectivity index is 1.17. The van der Waals surface area contributed by atoms with Gasteiger partial charge in [-0.1, -0.05) is 133 Å². The van der Waals surface area contributed by atoms with Crippen molar-refractivity contribution in [3.8, 4) is 56.4 Å². The maximum atomic E-state index is 6.32. The van der Waals surface area contributed by atoms with Crippen LogP contribution in [0.3, 0.4) is 0 Å². The van der Waals surface area contributed by atoms with Gasteiger partial charge in [-0.15, -0.1) is 11.3 Å². The highest BCUT2D eigenvalue weighted by molar-refractivity contribution is 7.25. The Morgan fingerprint density at radius 3 is 1.78 bits per heavy atom. The third kappa shape index (κ3) is 4.94. The number of hydrogen-bond donors (Lipinski definition) is 0. The minimum Gasteiger partial charge on any atom is -0.456 e. The predicted octanol–water partition coefficient (Wildman–Crippen LogP) is 13.6. The molecule has 5 heteroatoms. The molecule has 54 heavy (non-hydrogen) atoms. The van der Waals surface area contributed by atoms with E-state index in [1.807, 2.05) is 29.5 Å². The van der Waals surface area contributed by atoms with Crippen LogP contribution in [0.2, 0.25) is 0 Å². The van der Waals surface area contributed by atoms with Crippen molar-refractivity contribution in [3.63, 3.8) is 0 Å². The van der Waals surface area contributed by atoms with E-state index in [1.54, 1.807) is 0 Å². The number of hydrogen-bond acceptors (Lipinski definition) is 5. The Labute approximate surface area is 314 Å². The van der Waals surface area contributed by atoms with Gasteiger partial charge in [-0.2, -0.15) is 0 Å². The van der Waals surface area contributed by atoms with Crippen LogP contribution in [0.4, 0.5) is 0 Å². The molecule has 0 aliphatic carbocycles. The van der Waals surface area contributed by atoms with Crippen molar-refractivity contribution in [2.75, 3.05) is 0 Å². The Hall–Kier alpha value is -6.95. The molecule has 11 rings (SSSR count). The Morgan fingerprint density at radius 1 is 0.333 bits per heavy atom. The number of thiophene rings is 1. The average molecular weight is 708 g/mol. The predicted molar refractivity (Wildman–Crippen MR) is 225 cm³/mol. The normalized spacial score (nSPS) is 11.7. The van der Waals surface area contributed by atoms with Gasteiger partial charge in [-0.3, -0.25) is 0 Å². The molecule has 0 fully saturated rings. The van der Waals surface area contributed by atoms with E-state index in [-0.39, 0.29) is 0 Å². The second-order valence-electron chi connectivity index (χ2n) is 13.5. The molecule has 0 aliphatic heterocycles. The molecule has 0 amide bonds. The summed E-state index contributed by atoms with van der Waals surface area (Å²) in [5, 5.41) is 6.83. The Kier molecular flexibility index (Phi) is 7.00. The first kappa shape index (κ1) is 30.7. The molecule has 0 aliphatic rings. The van der Waals surface area contributed by atoms with E-state index < -0.39 is 0 Å². The number of furan rings is 1. The van der Waals surface area contributed by atoms with E-state index in [1.165, 1.54) is 31.3 Å². The second-order valence-corrected chi connectivity index (χ2v) is 14.6. The first-order valence-corrected chi connectivity index (χ1v) is 18.8. The van der Waals surface area contributed by atoms with Gasteiger partial charge in [0, 0.05) is 47.6 Å². The van der Waals surface area contributed by atoms with E-state index in [0.717, 1.165) is 60.5 Å². The molecule has 0 saturated heterocycles. The summed E-state index contributed by atoms with van der Waals surface area (Å²) in [5.74, 6) is 1.87. The lowest BCUT2D eigenvalue weighted by Crippen LogP contribution is -2.01. The van der Waals surface area contributed by atoms with Crippen molar-refractivity contribution in [1.82, 2.24) is 15.0 Å². The number of rotatable bonds is 5. The zero-order chi connectivity index (χ0) is 35.6. The topological polar surface area (TPSA) is 51.8 Å². The standard InChI is InChI=1S/C49H29N3OS/c1-2-13-30(14-3-1)32-26-27-39(34-16-5-4-15-33(32)34)49-51-47(31-25-28-45-41(29-31)36-18-9-11-24-44(36)54-45)50-48(52-49)38-19-7-6-17-35(38)37-21-12-23-43-46(37)40-20-8-10-22-42(40)53-43/h1-29H. The fourth-order valence-corrected chi connectivity index (χ4v) is 8.97. The zero-order valence-corrected chi connectivity index (χ0v) is 29.7. The van der Waals surface area contributed by atoms with Crippen molar-refractivity contribution in [3.05, 3.63) is 176 Å². The van der Waals surface area contributed by atoms with Crippen LogP contribution in [-0.2, 0) is 0 Å². The van der Waals surface area contributed by atoms with Crippen LogP contribution in [0.5, 0.6) is 0 Å². The molecule has 3 aromatic heterocycles. The summed E-state index contributed by atoms with van der Waals surface area (Å²) < 4.78 is 8.82. The lowest BCUT2D eigenvalue weighted by molar-refractivity contribution is 0.669. The van der Waals surface area contributed by atoms with Gasteiger partial charge in [0.05, 0.1) is 0 Å². The summed E-state index contributed by atoms with van der Waals surface area (Å²) in [6.07, 6.45) is 0. The molecule has 3 heterocycles. The number of nitrogens with zero attached hydrogens (tertiary/aromatic N) is 3. The zero-order valence-electron chi connectivity index (χ0n) is 28.9.